The fraction of sp³-hybridized carbons (Fsp3) is 0.150. The highest BCUT2D eigenvalue weighted by Gasteiger charge is 2.19. The van der Waals surface area contributed by atoms with Crippen molar-refractivity contribution >= 4 is 49.7 Å². The lowest BCUT2D eigenvalue weighted by Gasteiger charge is -2.07. The van der Waals surface area contributed by atoms with E-state index in [-0.39, 0.29) is 5.56 Å². The summed E-state index contributed by atoms with van der Waals surface area (Å²) in [5.41, 5.74) is 9.28. The Morgan fingerprint density at radius 2 is 2.20 bits per heavy atom. The molecule has 4 N–H and O–H groups in total. The summed E-state index contributed by atoms with van der Waals surface area (Å²) in [4.78, 5) is 17.9. The van der Waals surface area contributed by atoms with Crippen molar-refractivity contribution in [2.24, 2.45) is 12.8 Å². The number of aromatic amines is 1. The van der Waals surface area contributed by atoms with Gasteiger partial charge in [-0.1, -0.05) is 12.1 Å². The molecule has 0 radical (unpaired) electrons. The predicted molar refractivity (Wildman–Crippen MR) is 118 cm³/mol. The number of rotatable bonds is 5. The van der Waals surface area contributed by atoms with Gasteiger partial charge in [-0.05, 0) is 23.4 Å². The first-order valence-electron chi connectivity index (χ1n) is 9.27. The van der Waals surface area contributed by atoms with Crippen LogP contribution >= 0.6 is 11.3 Å². The summed E-state index contributed by atoms with van der Waals surface area (Å²) in [5, 5.41) is 21.5. The summed E-state index contributed by atoms with van der Waals surface area (Å²) in [6, 6.07) is 5.85. The second-order valence-electron chi connectivity index (χ2n) is 7.00. The predicted octanol–water partition coefficient (Wildman–Crippen LogP) is 2.30. The molecular weight excluding hydrogens is 400 g/mol. The molecule has 9 nitrogen and oxygen atoms in total. The number of hydrogen-bond acceptors (Lipinski definition) is 7. The SMILES string of the molecule is Cn1c2nc(C/C(C=N)=C/N)sc2c2cnn(Cc3cccc4[nH]ncc34)c(=O)c21. The topological polar surface area (TPSA) is 131 Å². The fourth-order valence-electron chi connectivity index (χ4n) is 3.68. The quantitative estimate of drug-likeness (QED) is 0.377. The third-order valence-electron chi connectivity index (χ3n) is 5.22. The Hall–Kier alpha value is -3.79. The Morgan fingerprint density at radius 3 is 3.00 bits per heavy atom. The molecule has 5 rings (SSSR count). The number of nitrogens with one attached hydrogen (secondary N) is 2. The highest BCUT2D eigenvalue weighted by molar-refractivity contribution is 7.19. The van der Waals surface area contributed by atoms with Crippen molar-refractivity contribution in [3.63, 3.8) is 0 Å². The van der Waals surface area contributed by atoms with Crippen LogP contribution in [0.25, 0.3) is 32.2 Å². The van der Waals surface area contributed by atoms with E-state index in [9.17, 15) is 4.79 Å². The Bertz CT molecular complexity index is 1520. The molecule has 1 aromatic carbocycles. The molecule has 4 aromatic heterocycles. The molecule has 0 aliphatic rings. The standard InChI is InChI=1S/C20H18N8OS/c1-27-17-14(18-19(27)25-16(30-18)5-11(6-21)7-22)9-24-28(20(17)29)10-12-3-2-4-15-13(12)8-23-26-15/h2-4,6-9,21H,5,10,22H2,1H3,(H,23,26)/b11-7-,21-6?. The first-order valence-corrected chi connectivity index (χ1v) is 10.1. The highest BCUT2D eigenvalue weighted by atomic mass is 32.1. The van der Waals surface area contributed by atoms with Crippen molar-refractivity contribution < 1.29 is 0 Å². The smallest absolute Gasteiger partial charge is 0.291 e. The van der Waals surface area contributed by atoms with Crippen molar-refractivity contribution in [2.75, 3.05) is 0 Å². The number of benzene rings is 1. The third kappa shape index (κ3) is 2.72. The van der Waals surface area contributed by atoms with Gasteiger partial charge in [0.1, 0.15) is 10.5 Å². The average Bonchev–Trinajstić information content (AvgIpc) is 3.45. The van der Waals surface area contributed by atoms with Crippen LogP contribution in [0.3, 0.4) is 0 Å². The first-order chi connectivity index (χ1) is 14.6. The lowest BCUT2D eigenvalue weighted by molar-refractivity contribution is 0.647. The van der Waals surface area contributed by atoms with Crippen molar-refractivity contribution in [1.29, 1.82) is 5.41 Å². The average molecular weight is 418 g/mol. The molecule has 0 saturated heterocycles. The van der Waals surface area contributed by atoms with Crippen molar-refractivity contribution in [3.8, 4) is 0 Å². The zero-order chi connectivity index (χ0) is 20.8. The molecule has 0 aliphatic heterocycles. The van der Waals surface area contributed by atoms with Crippen LogP contribution in [0.2, 0.25) is 0 Å². The van der Waals surface area contributed by atoms with Gasteiger partial charge in [0.25, 0.3) is 5.56 Å². The number of nitrogens with zero attached hydrogens (tertiary/aromatic N) is 5. The maximum Gasteiger partial charge on any atom is 0.291 e. The molecule has 0 bridgehead atoms. The van der Waals surface area contributed by atoms with E-state index in [0.29, 0.717) is 24.1 Å². The number of thiazole rings is 1. The van der Waals surface area contributed by atoms with E-state index in [4.69, 9.17) is 11.1 Å². The zero-order valence-electron chi connectivity index (χ0n) is 16.1. The van der Waals surface area contributed by atoms with Crippen LogP contribution in [0, 0.1) is 5.41 Å². The Morgan fingerprint density at radius 1 is 1.33 bits per heavy atom. The van der Waals surface area contributed by atoms with Crippen molar-refractivity contribution in [1.82, 2.24) is 29.5 Å². The Kier molecular flexibility index (Phi) is 4.21. The molecule has 150 valence electrons. The van der Waals surface area contributed by atoms with E-state index in [1.807, 2.05) is 29.8 Å². The number of nitrogens with two attached hydrogens (primary N) is 1. The Balaban J connectivity index is 1.60. The van der Waals surface area contributed by atoms with E-state index in [1.54, 1.807) is 12.4 Å². The number of H-pyrrole nitrogens is 1. The molecule has 0 amide bonds. The second-order valence-corrected chi connectivity index (χ2v) is 8.08. The number of aromatic nitrogens is 6. The van der Waals surface area contributed by atoms with Crippen molar-refractivity contribution in [3.05, 3.63) is 63.3 Å². The molecule has 5 aromatic rings. The van der Waals surface area contributed by atoms with Crippen LogP contribution in [0.15, 0.2) is 47.2 Å². The van der Waals surface area contributed by atoms with E-state index >= 15 is 0 Å². The van der Waals surface area contributed by atoms with Crippen LogP contribution in [0.5, 0.6) is 0 Å². The minimum absolute atomic E-state index is 0.163. The van der Waals surface area contributed by atoms with Crippen LogP contribution in [-0.2, 0) is 20.0 Å². The summed E-state index contributed by atoms with van der Waals surface area (Å²) in [7, 11) is 1.84. The van der Waals surface area contributed by atoms with Crippen LogP contribution in [0.4, 0.5) is 0 Å². The van der Waals surface area contributed by atoms with Crippen LogP contribution < -0.4 is 11.3 Å². The molecule has 0 atom stereocenters. The van der Waals surface area contributed by atoms with E-state index in [0.717, 1.165) is 37.2 Å². The third-order valence-corrected chi connectivity index (χ3v) is 6.30. The molecule has 10 heteroatoms. The maximum absolute atomic E-state index is 13.2. The highest BCUT2D eigenvalue weighted by Crippen LogP contribution is 2.31. The summed E-state index contributed by atoms with van der Waals surface area (Å²) in [5.74, 6) is 0. The largest absolute Gasteiger partial charge is 0.404 e. The number of hydrogen-bond donors (Lipinski definition) is 3. The number of fused-ring (bicyclic) bond motifs is 4. The van der Waals surface area contributed by atoms with Crippen LogP contribution in [0.1, 0.15) is 10.6 Å². The molecule has 4 heterocycles. The van der Waals surface area contributed by atoms with E-state index in [1.165, 1.54) is 28.4 Å². The maximum atomic E-state index is 13.2. The van der Waals surface area contributed by atoms with Gasteiger partial charge in [-0.25, -0.2) is 9.67 Å². The normalized spacial score (nSPS) is 12.4. The van der Waals surface area contributed by atoms with Gasteiger partial charge in [-0.3, -0.25) is 9.89 Å². The van der Waals surface area contributed by atoms with Gasteiger partial charge in [-0.2, -0.15) is 10.2 Å². The molecule has 0 aliphatic carbocycles. The first kappa shape index (κ1) is 18.3. The van der Waals surface area contributed by atoms with Gasteiger partial charge in [0, 0.05) is 30.5 Å². The molecule has 0 saturated carbocycles. The van der Waals surface area contributed by atoms with Gasteiger partial charge < -0.3 is 15.7 Å². The summed E-state index contributed by atoms with van der Waals surface area (Å²) in [6.07, 6.45) is 6.62. The Labute approximate surface area is 174 Å². The summed E-state index contributed by atoms with van der Waals surface area (Å²) < 4.78 is 4.20. The van der Waals surface area contributed by atoms with E-state index < -0.39 is 0 Å². The zero-order valence-corrected chi connectivity index (χ0v) is 16.9. The molecule has 0 unspecified atom stereocenters. The van der Waals surface area contributed by atoms with Crippen LogP contribution in [-0.4, -0.2) is 35.7 Å². The van der Waals surface area contributed by atoms with Gasteiger partial charge >= 0.3 is 0 Å². The van der Waals surface area contributed by atoms with Gasteiger partial charge in [0.2, 0.25) is 0 Å². The lowest BCUT2D eigenvalue weighted by Crippen LogP contribution is -2.24. The molecule has 30 heavy (non-hydrogen) atoms. The van der Waals surface area contributed by atoms with Crippen molar-refractivity contribution in [2.45, 2.75) is 13.0 Å². The molecule has 0 fully saturated rings. The molecular formula is C20H18N8OS. The van der Waals surface area contributed by atoms with Gasteiger partial charge in [0.15, 0.2) is 5.65 Å². The summed E-state index contributed by atoms with van der Waals surface area (Å²) >= 11 is 1.50. The number of allylic oxidation sites excluding steroid dienone is 1. The minimum atomic E-state index is -0.163. The second kappa shape index (κ2) is 6.92. The molecule has 0 spiro atoms. The minimum Gasteiger partial charge on any atom is -0.404 e. The summed E-state index contributed by atoms with van der Waals surface area (Å²) in [6.45, 7) is 0.354. The number of aryl methyl sites for hydroxylation is 1. The lowest BCUT2D eigenvalue weighted by atomic mass is 10.1. The fourth-order valence-corrected chi connectivity index (χ4v) is 4.82. The monoisotopic (exact) mass is 418 g/mol. The van der Waals surface area contributed by atoms with Gasteiger partial charge in [-0.15, -0.1) is 11.3 Å². The van der Waals surface area contributed by atoms with Gasteiger partial charge in [0.05, 0.1) is 29.2 Å². The van der Waals surface area contributed by atoms with E-state index in [2.05, 4.69) is 20.3 Å².